The number of hydroxylamine groups is 2. The van der Waals surface area contributed by atoms with E-state index in [0.29, 0.717) is 17.9 Å². The molecule has 0 aromatic carbocycles. The molecule has 2 aliphatic heterocycles. The summed E-state index contributed by atoms with van der Waals surface area (Å²) in [6.45, 7) is 7.14. The maximum atomic E-state index is 11.6. The van der Waals surface area contributed by atoms with Gasteiger partial charge in [0.25, 0.3) is 0 Å². The van der Waals surface area contributed by atoms with Crippen LogP contribution in [0.2, 0.25) is 0 Å². The number of carbonyl (C=O) groups is 1. The highest BCUT2D eigenvalue weighted by molar-refractivity contribution is 7.80. The topological polar surface area (TPSA) is 91.5 Å². The van der Waals surface area contributed by atoms with Crippen LogP contribution in [0.15, 0.2) is 0 Å². The largest absolute Gasteiger partial charge is 0.418 e. The average Bonchev–Trinajstić information content (AvgIpc) is 2.43. The van der Waals surface area contributed by atoms with Crippen molar-refractivity contribution in [3.05, 3.63) is 11.4 Å². The Morgan fingerprint density at radius 2 is 2.19 bits per heavy atom. The minimum Gasteiger partial charge on any atom is -0.290 e. The molecule has 0 spiro atoms. The van der Waals surface area contributed by atoms with Gasteiger partial charge < -0.3 is 0 Å². The molecule has 2 unspecified atom stereocenters. The first-order valence-corrected chi connectivity index (χ1v) is 5.92. The quantitative estimate of drug-likeness (QED) is 0.542. The lowest BCUT2D eigenvalue weighted by Crippen LogP contribution is -2.37. The number of amides is 2. The van der Waals surface area contributed by atoms with Gasteiger partial charge in [0.05, 0.1) is 12.6 Å². The summed E-state index contributed by atoms with van der Waals surface area (Å²) in [5.74, 6) is 0. The van der Waals surface area contributed by atoms with E-state index in [4.69, 9.17) is 11.1 Å². The monoisotopic (exact) mass is 247 g/mol. The molecule has 0 saturated carbocycles. The molecule has 88 valence electrons. The zero-order chi connectivity index (χ0) is 11.9. The van der Waals surface area contributed by atoms with Gasteiger partial charge in [0.15, 0.2) is 0 Å². The van der Waals surface area contributed by atoms with Gasteiger partial charge in [-0.2, -0.15) is 13.5 Å². The van der Waals surface area contributed by atoms with Gasteiger partial charge in [-0.15, -0.1) is 4.28 Å². The molecule has 2 atom stereocenters. The van der Waals surface area contributed by atoms with Gasteiger partial charge in [0.2, 0.25) is 0 Å². The molecule has 2 rings (SSSR count). The minimum atomic E-state index is -4.70. The van der Waals surface area contributed by atoms with E-state index in [2.05, 4.69) is 9.13 Å². The van der Waals surface area contributed by atoms with Crippen LogP contribution in [0.25, 0.3) is 4.85 Å². The van der Waals surface area contributed by atoms with Crippen molar-refractivity contribution in [2.45, 2.75) is 25.0 Å². The fraction of sp³-hybridized carbons (Fsp3) is 0.714. The first-order valence-electron chi connectivity index (χ1n) is 4.56. The predicted octanol–water partition coefficient (Wildman–Crippen LogP) is -0.134. The summed E-state index contributed by atoms with van der Waals surface area (Å²) in [4.78, 5) is 16.2. The molecule has 9 heteroatoms. The summed E-state index contributed by atoms with van der Waals surface area (Å²) in [5.41, 5.74) is 0. The molecule has 2 saturated heterocycles. The maximum Gasteiger partial charge on any atom is 0.418 e. The Kier molecular flexibility index (Phi) is 2.49. The Morgan fingerprint density at radius 3 is 2.75 bits per heavy atom. The van der Waals surface area contributed by atoms with E-state index in [-0.39, 0.29) is 6.54 Å². The van der Waals surface area contributed by atoms with E-state index in [1.807, 2.05) is 0 Å². The number of carbonyl (C=O) groups excluding carboxylic acids is 1. The number of hydrogen-bond acceptors (Lipinski definition) is 4. The third-order valence-electron chi connectivity index (χ3n) is 2.61. The van der Waals surface area contributed by atoms with E-state index < -0.39 is 28.6 Å². The second kappa shape index (κ2) is 3.58. The van der Waals surface area contributed by atoms with Crippen LogP contribution in [0, 0.1) is 6.57 Å². The molecule has 0 aromatic heterocycles. The Balaban J connectivity index is 2.20. The minimum absolute atomic E-state index is 0.251. The van der Waals surface area contributed by atoms with Gasteiger partial charge in [-0.3, -0.25) is 14.3 Å². The smallest absolute Gasteiger partial charge is 0.290 e. The van der Waals surface area contributed by atoms with Crippen LogP contribution in [-0.4, -0.2) is 47.7 Å². The second-order valence-electron chi connectivity index (χ2n) is 3.60. The number of urea groups is 1. The molecule has 16 heavy (non-hydrogen) atoms. The van der Waals surface area contributed by atoms with E-state index in [1.165, 1.54) is 4.90 Å². The third-order valence-corrected chi connectivity index (χ3v) is 2.96. The van der Waals surface area contributed by atoms with Crippen molar-refractivity contribution in [2.24, 2.45) is 0 Å². The van der Waals surface area contributed by atoms with Crippen molar-refractivity contribution < 1.29 is 22.0 Å². The SMILES string of the molecule is [C-]#[N+]C1CCC2CN1C(=O)N2OS(=O)(=O)O. The number of nitrogens with zero attached hydrogens (tertiary/aromatic N) is 3. The van der Waals surface area contributed by atoms with Gasteiger partial charge in [0, 0.05) is 6.42 Å². The Bertz CT molecular complexity index is 455. The fourth-order valence-corrected chi connectivity index (χ4v) is 2.33. The van der Waals surface area contributed by atoms with E-state index >= 15 is 0 Å². The van der Waals surface area contributed by atoms with Crippen LogP contribution < -0.4 is 0 Å². The number of piperidine rings is 1. The van der Waals surface area contributed by atoms with E-state index in [1.54, 1.807) is 0 Å². The summed E-state index contributed by atoms with van der Waals surface area (Å²) in [6.07, 6.45) is 0.384. The third kappa shape index (κ3) is 1.82. The second-order valence-corrected chi connectivity index (χ2v) is 4.61. The standard InChI is InChI=1S/C7H9N3O5S/c1-8-6-3-2-5-4-9(6)7(11)10(5)15-16(12,13)14/h5-6H,2-4H2,(H,12,13,14). The summed E-state index contributed by atoms with van der Waals surface area (Å²) in [6, 6.07) is -1.12. The highest BCUT2D eigenvalue weighted by Crippen LogP contribution is 2.30. The molecule has 1 N–H and O–H groups in total. The van der Waals surface area contributed by atoms with Crippen molar-refractivity contribution >= 4 is 16.4 Å². The number of fused-ring (bicyclic) bond motifs is 2. The molecule has 2 aliphatic rings. The normalized spacial score (nSPS) is 29.4. The van der Waals surface area contributed by atoms with Gasteiger partial charge in [-0.05, 0) is 6.42 Å². The van der Waals surface area contributed by atoms with Crippen LogP contribution in [0.5, 0.6) is 0 Å². The molecule has 2 heterocycles. The van der Waals surface area contributed by atoms with Crippen molar-refractivity contribution in [3.8, 4) is 0 Å². The Morgan fingerprint density at radius 1 is 1.50 bits per heavy atom. The molecular weight excluding hydrogens is 238 g/mol. The number of hydrogen-bond donors (Lipinski definition) is 1. The van der Waals surface area contributed by atoms with Gasteiger partial charge >= 0.3 is 22.6 Å². The van der Waals surface area contributed by atoms with Gasteiger partial charge in [-0.25, -0.2) is 11.4 Å². The molecule has 0 aliphatic carbocycles. The highest BCUT2D eigenvalue weighted by atomic mass is 32.3. The lowest BCUT2D eigenvalue weighted by atomic mass is 10.1. The van der Waals surface area contributed by atoms with Gasteiger partial charge in [-0.1, -0.05) is 0 Å². The highest BCUT2D eigenvalue weighted by Gasteiger charge is 2.49. The van der Waals surface area contributed by atoms with Crippen LogP contribution in [-0.2, 0) is 14.7 Å². The van der Waals surface area contributed by atoms with Crippen molar-refractivity contribution in [3.63, 3.8) is 0 Å². The molecule has 2 fully saturated rings. The maximum absolute atomic E-state index is 11.6. The first kappa shape index (κ1) is 11.1. The molecule has 0 radical (unpaired) electrons. The fourth-order valence-electron chi connectivity index (χ4n) is 1.95. The van der Waals surface area contributed by atoms with Crippen LogP contribution in [0.3, 0.4) is 0 Å². The molecule has 2 amide bonds. The van der Waals surface area contributed by atoms with E-state index in [9.17, 15) is 13.2 Å². The van der Waals surface area contributed by atoms with Crippen molar-refractivity contribution in [1.82, 2.24) is 9.96 Å². The Hall–Kier alpha value is -1.37. The van der Waals surface area contributed by atoms with Crippen LogP contribution in [0.4, 0.5) is 4.79 Å². The lowest BCUT2D eigenvalue weighted by Gasteiger charge is -2.21. The van der Waals surface area contributed by atoms with Gasteiger partial charge in [0.1, 0.15) is 0 Å². The molecule has 0 aromatic rings. The predicted molar refractivity (Wildman–Crippen MR) is 50.0 cm³/mol. The molecular formula is C7H9N3O5S. The molecule has 8 nitrogen and oxygen atoms in total. The van der Waals surface area contributed by atoms with Crippen molar-refractivity contribution in [1.29, 1.82) is 0 Å². The number of rotatable bonds is 2. The summed E-state index contributed by atoms with van der Waals surface area (Å²) in [5, 5.41) is 0.626. The van der Waals surface area contributed by atoms with Crippen LogP contribution in [0.1, 0.15) is 12.8 Å². The summed E-state index contributed by atoms with van der Waals surface area (Å²) in [7, 11) is -4.70. The Labute approximate surface area is 92.1 Å². The van der Waals surface area contributed by atoms with E-state index in [0.717, 1.165) is 0 Å². The zero-order valence-electron chi connectivity index (χ0n) is 8.11. The average molecular weight is 247 g/mol. The summed E-state index contributed by atoms with van der Waals surface area (Å²) < 4.78 is 33.8. The lowest BCUT2D eigenvalue weighted by molar-refractivity contribution is -0.0316. The van der Waals surface area contributed by atoms with Crippen LogP contribution >= 0.6 is 0 Å². The zero-order valence-corrected chi connectivity index (χ0v) is 8.92. The first-order chi connectivity index (χ1) is 7.42. The molecule has 2 bridgehead atoms. The van der Waals surface area contributed by atoms with Crippen molar-refractivity contribution in [2.75, 3.05) is 6.54 Å². The summed E-state index contributed by atoms with van der Waals surface area (Å²) >= 11 is 0.